The van der Waals surface area contributed by atoms with Crippen LogP contribution in [0.4, 0.5) is 4.79 Å². The van der Waals surface area contributed by atoms with Gasteiger partial charge < -0.3 is 15.8 Å². The molecule has 0 aliphatic heterocycles. The predicted molar refractivity (Wildman–Crippen MR) is 61.9 cm³/mol. The largest absolute Gasteiger partial charge is 0.444 e. The summed E-state index contributed by atoms with van der Waals surface area (Å²) in [6.07, 6.45) is 1.30. The van der Waals surface area contributed by atoms with Crippen LogP contribution in [0.5, 0.6) is 0 Å². The van der Waals surface area contributed by atoms with Crippen molar-refractivity contribution in [2.45, 2.75) is 58.6 Å². The van der Waals surface area contributed by atoms with Crippen molar-refractivity contribution in [1.29, 1.82) is 0 Å². The number of amides is 2. The van der Waals surface area contributed by atoms with Gasteiger partial charge in [0.2, 0.25) is 5.91 Å². The second kappa shape index (κ2) is 6.35. The molecule has 5 nitrogen and oxygen atoms in total. The Labute approximate surface area is 96.7 Å². The number of ether oxygens (including phenoxy) is 1. The van der Waals surface area contributed by atoms with Crippen LogP contribution in [0.3, 0.4) is 0 Å². The second-order valence-corrected chi connectivity index (χ2v) is 4.91. The maximum atomic E-state index is 11.3. The number of carbonyl (C=O) groups excluding carboxylic acids is 2. The van der Waals surface area contributed by atoms with E-state index in [1.807, 2.05) is 27.7 Å². The quantitative estimate of drug-likeness (QED) is 0.752. The molecule has 5 heteroatoms. The SMILES string of the molecule is C[C@@H](CCCC(N)=O)NC(=O)OC(C)(C)C. The van der Waals surface area contributed by atoms with Crippen molar-refractivity contribution in [3.63, 3.8) is 0 Å². The Kier molecular flexibility index (Phi) is 5.85. The van der Waals surface area contributed by atoms with Crippen LogP contribution in [0, 0.1) is 0 Å². The van der Waals surface area contributed by atoms with Gasteiger partial charge in [-0.25, -0.2) is 4.79 Å². The molecule has 1 atom stereocenters. The smallest absolute Gasteiger partial charge is 0.407 e. The first-order valence-corrected chi connectivity index (χ1v) is 5.48. The molecular formula is C11H22N2O3. The Morgan fingerprint density at radius 3 is 2.38 bits per heavy atom. The minimum atomic E-state index is -0.489. The van der Waals surface area contributed by atoms with Gasteiger partial charge in [-0.1, -0.05) is 0 Å². The van der Waals surface area contributed by atoms with Crippen molar-refractivity contribution in [2.75, 3.05) is 0 Å². The fourth-order valence-electron chi connectivity index (χ4n) is 1.16. The summed E-state index contributed by atoms with van der Waals surface area (Å²) in [6.45, 7) is 7.30. The van der Waals surface area contributed by atoms with E-state index in [0.717, 1.165) is 0 Å². The van der Waals surface area contributed by atoms with Gasteiger partial charge in [-0.3, -0.25) is 4.79 Å². The van der Waals surface area contributed by atoms with Crippen LogP contribution in [0.25, 0.3) is 0 Å². The van der Waals surface area contributed by atoms with Crippen LogP contribution in [-0.2, 0) is 9.53 Å². The van der Waals surface area contributed by atoms with Crippen LogP contribution in [-0.4, -0.2) is 23.6 Å². The molecule has 3 N–H and O–H groups in total. The first-order valence-electron chi connectivity index (χ1n) is 5.48. The molecule has 0 radical (unpaired) electrons. The highest BCUT2D eigenvalue weighted by Crippen LogP contribution is 2.07. The molecular weight excluding hydrogens is 208 g/mol. The van der Waals surface area contributed by atoms with Gasteiger partial charge in [0, 0.05) is 12.5 Å². The van der Waals surface area contributed by atoms with E-state index in [9.17, 15) is 9.59 Å². The minimum Gasteiger partial charge on any atom is -0.444 e. The Morgan fingerprint density at radius 1 is 1.38 bits per heavy atom. The van der Waals surface area contributed by atoms with E-state index in [1.165, 1.54) is 0 Å². The summed E-state index contributed by atoms with van der Waals surface area (Å²) in [5, 5.41) is 2.70. The molecule has 0 bridgehead atoms. The lowest BCUT2D eigenvalue weighted by atomic mass is 10.1. The average molecular weight is 230 g/mol. The van der Waals surface area contributed by atoms with Crippen LogP contribution < -0.4 is 11.1 Å². The van der Waals surface area contributed by atoms with E-state index in [2.05, 4.69) is 5.32 Å². The molecule has 0 aromatic heterocycles. The highest BCUT2D eigenvalue weighted by Gasteiger charge is 2.17. The minimum absolute atomic E-state index is 0.0193. The lowest BCUT2D eigenvalue weighted by molar-refractivity contribution is -0.118. The topological polar surface area (TPSA) is 81.4 Å². The first-order chi connectivity index (χ1) is 7.20. The Bertz CT molecular complexity index is 246. The summed E-state index contributed by atoms with van der Waals surface area (Å²) in [5.41, 5.74) is 4.52. The fourth-order valence-corrected chi connectivity index (χ4v) is 1.16. The summed E-state index contributed by atoms with van der Waals surface area (Å²) in [6, 6.07) is -0.0193. The molecule has 16 heavy (non-hydrogen) atoms. The van der Waals surface area contributed by atoms with E-state index < -0.39 is 11.7 Å². The van der Waals surface area contributed by atoms with Crippen molar-refractivity contribution in [1.82, 2.24) is 5.32 Å². The molecule has 0 heterocycles. The van der Waals surface area contributed by atoms with Gasteiger partial charge in [0.1, 0.15) is 5.60 Å². The molecule has 0 aliphatic carbocycles. The molecule has 0 saturated heterocycles. The van der Waals surface area contributed by atoms with Crippen molar-refractivity contribution >= 4 is 12.0 Å². The van der Waals surface area contributed by atoms with Crippen LogP contribution >= 0.6 is 0 Å². The summed E-state index contributed by atoms with van der Waals surface area (Å²) >= 11 is 0. The monoisotopic (exact) mass is 230 g/mol. The highest BCUT2D eigenvalue weighted by atomic mass is 16.6. The lowest BCUT2D eigenvalue weighted by Crippen LogP contribution is -2.37. The Balaban J connectivity index is 3.74. The van der Waals surface area contributed by atoms with E-state index in [1.54, 1.807) is 0 Å². The van der Waals surface area contributed by atoms with Crippen LogP contribution in [0.15, 0.2) is 0 Å². The number of rotatable bonds is 5. The number of carbonyl (C=O) groups is 2. The molecule has 0 rings (SSSR count). The van der Waals surface area contributed by atoms with Gasteiger partial charge in [-0.05, 0) is 40.5 Å². The van der Waals surface area contributed by atoms with Gasteiger partial charge in [-0.2, -0.15) is 0 Å². The van der Waals surface area contributed by atoms with E-state index in [-0.39, 0.29) is 11.9 Å². The van der Waals surface area contributed by atoms with Crippen LogP contribution in [0.2, 0.25) is 0 Å². The number of alkyl carbamates (subject to hydrolysis) is 1. The van der Waals surface area contributed by atoms with Gasteiger partial charge in [0.05, 0.1) is 0 Å². The Morgan fingerprint density at radius 2 is 1.94 bits per heavy atom. The van der Waals surface area contributed by atoms with Gasteiger partial charge in [-0.15, -0.1) is 0 Å². The number of primary amides is 1. The molecule has 0 saturated carbocycles. The molecule has 0 aromatic rings. The standard InChI is InChI=1S/C11H22N2O3/c1-8(6-5-7-9(12)14)13-10(15)16-11(2,3)4/h8H,5-7H2,1-4H3,(H2,12,14)(H,13,15)/t8-/m0/s1. The normalized spacial score (nSPS) is 13.0. The van der Waals surface area contributed by atoms with Crippen molar-refractivity contribution in [3.8, 4) is 0 Å². The first kappa shape index (κ1) is 14.7. The summed E-state index contributed by atoms with van der Waals surface area (Å²) in [7, 11) is 0. The summed E-state index contributed by atoms with van der Waals surface area (Å²) in [4.78, 5) is 21.8. The average Bonchev–Trinajstić information content (AvgIpc) is 1.98. The van der Waals surface area contributed by atoms with Gasteiger partial charge >= 0.3 is 6.09 Å². The molecule has 0 aromatic carbocycles. The number of nitrogens with one attached hydrogen (secondary N) is 1. The van der Waals surface area contributed by atoms with Gasteiger partial charge in [0.15, 0.2) is 0 Å². The molecule has 0 aliphatic rings. The molecule has 2 amide bonds. The van der Waals surface area contributed by atoms with Crippen molar-refractivity contribution in [2.24, 2.45) is 5.73 Å². The zero-order chi connectivity index (χ0) is 12.8. The van der Waals surface area contributed by atoms with E-state index >= 15 is 0 Å². The zero-order valence-corrected chi connectivity index (χ0v) is 10.5. The maximum Gasteiger partial charge on any atom is 0.407 e. The van der Waals surface area contributed by atoms with E-state index in [0.29, 0.717) is 19.3 Å². The number of hydrogen-bond donors (Lipinski definition) is 2. The number of nitrogens with two attached hydrogens (primary N) is 1. The zero-order valence-electron chi connectivity index (χ0n) is 10.5. The second-order valence-electron chi connectivity index (χ2n) is 4.91. The predicted octanol–water partition coefficient (Wildman–Crippen LogP) is 1.56. The van der Waals surface area contributed by atoms with Gasteiger partial charge in [0.25, 0.3) is 0 Å². The Hall–Kier alpha value is -1.26. The third-order valence-corrected chi connectivity index (χ3v) is 1.82. The number of hydrogen-bond acceptors (Lipinski definition) is 3. The summed E-state index contributed by atoms with van der Waals surface area (Å²) in [5.74, 6) is -0.315. The molecule has 0 unspecified atom stereocenters. The maximum absolute atomic E-state index is 11.3. The van der Waals surface area contributed by atoms with Crippen LogP contribution in [0.1, 0.15) is 47.0 Å². The lowest BCUT2D eigenvalue weighted by Gasteiger charge is -2.21. The summed E-state index contributed by atoms with van der Waals surface area (Å²) < 4.78 is 5.09. The highest BCUT2D eigenvalue weighted by molar-refractivity contribution is 5.73. The molecule has 94 valence electrons. The van der Waals surface area contributed by atoms with E-state index in [4.69, 9.17) is 10.5 Å². The third kappa shape index (κ3) is 9.30. The van der Waals surface area contributed by atoms with Crippen molar-refractivity contribution < 1.29 is 14.3 Å². The van der Waals surface area contributed by atoms with Crippen molar-refractivity contribution in [3.05, 3.63) is 0 Å². The third-order valence-electron chi connectivity index (χ3n) is 1.82. The molecule has 0 spiro atoms. The molecule has 0 fully saturated rings. The fraction of sp³-hybridized carbons (Fsp3) is 0.818.